The maximum absolute atomic E-state index is 13.2. The molecule has 0 radical (unpaired) electrons. The van der Waals surface area contributed by atoms with Crippen LogP contribution >= 0.6 is 0 Å². The molecule has 13 heteroatoms. The quantitative estimate of drug-likeness (QED) is 0.367. The van der Waals surface area contributed by atoms with Crippen molar-refractivity contribution in [1.29, 1.82) is 0 Å². The van der Waals surface area contributed by atoms with Gasteiger partial charge in [-0.25, -0.2) is 14.5 Å². The van der Waals surface area contributed by atoms with Crippen LogP contribution in [0, 0.1) is 0 Å². The van der Waals surface area contributed by atoms with Gasteiger partial charge < -0.3 is 24.4 Å². The van der Waals surface area contributed by atoms with Gasteiger partial charge in [-0.05, 0) is 70.9 Å². The molecular weight excluding hydrogens is 547 g/mol. The maximum atomic E-state index is 13.2. The van der Waals surface area contributed by atoms with E-state index in [2.05, 4.69) is 14.7 Å². The number of fused-ring (bicyclic) bond motifs is 1. The van der Waals surface area contributed by atoms with Crippen molar-refractivity contribution in [2.75, 3.05) is 6.61 Å². The van der Waals surface area contributed by atoms with Gasteiger partial charge in [0, 0.05) is 23.5 Å². The lowest BCUT2D eigenvalue weighted by molar-refractivity contribution is -0.274. The van der Waals surface area contributed by atoms with Crippen LogP contribution in [-0.2, 0) is 16.0 Å². The number of hydrogen-bond acceptors (Lipinski definition) is 9. The minimum atomic E-state index is -4.87. The van der Waals surface area contributed by atoms with E-state index in [-0.39, 0.29) is 22.2 Å². The van der Waals surface area contributed by atoms with Crippen molar-refractivity contribution in [3.05, 3.63) is 53.9 Å². The predicted molar refractivity (Wildman–Crippen MR) is 142 cm³/mol. The van der Waals surface area contributed by atoms with Gasteiger partial charge in [0.15, 0.2) is 0 Å². The third-order valence-corrected chi connectivity index (χ3v) is 5.33. The van der Waals surface area contributed by atoms with E-state index in [1.54, 1.807) is 41.5 Å². The molecule has 0 saturated carbocycles. The van der Waals surface area contributed by atoms with E-state index in [1.165, 1.54) is 30.6 Å². The monoisotopic (exact) mass is 579 g/mol. The molecule has 0 aliphatic heterocycles. The van der Waals surface area contributed by atoms with E-state index < -0.39 is 54.8 Å². The lowest BCUT2D eigenvalue weighted by atomic mass is 9.93. The average Bonchev–Trinajstić information content (AvgIpc) is 2.83. The third kappa shape index (κ3) is 8.51. The summed E-state index contributed by atoms with van der Waals surface area (Å²) in [5.41, 5.74) is -0.498. The molecule has 0 saturated heterocycles. The van der Waals surface area contributed by atoms with Crippen LogP contribution in [-0.4, -0.2) is 61.4 Å². The molecule has 1 aromatic heterocycles. The van der Waals surface area contributed by atoms with Gasteiger partial charge in [0.2, 0.25) is 0 Å². The van der Waals surface area contributed by atoms with Gasteiger partial charge in [0.1, 0.15) is 23.1 Å². The van der Waals surface area contributed by atoms with E-state index in [4.69, 9.17) is 9.47 Å². The Kier molecular flexibility index (Phi) is 9.14. The molecule has 0 fully saturated rings. The normalized spacial score (nSPS) is 13.0. The van der Waals surface area contributed by atoms with Crippen LogP contribution in [0.5, 0.6) is 5.75 Å². The second kappa shape index (κ2) is 11.9. The van der Waals surface area contributed by atoms with Crippen molar-refractivity contribution >= 4 is 23.2 Å². The number of benzene rings is 2. The Morgan fingerprint density at radius 3 is 1.88 bits per heavy atom. The van der Waals surface area contributed by atoms with Gasteiger partial charge in [0.05, 0.1) is 24.2 Å². The Balaban J connectivity index is 2.21. The molecule has 0 aliphatic rings. The Morgan fingerprint density at radius 2 is 1.41 bits per heavy atom. The van der Waals surface area contributed by atoms with E-state index in [9.17, 15) is 33.0 Å². The topological polar surface area (TPSA) is 131 Å². The van der Waals surface area contributed by atoms with Crippen LogP contribution in [0.25, 0.3) is 22.2 Å². The fourth-order valence-corrected chi connectivity index (χ4v) is 3.86. The summed E-state index contributed by atoms with van der Waals surface area (Å²) < 4.78 is 52.8. The minimum absolute atomic E-state index is 0.0912. The van der Waals surface area contributed by atoms with Gasteiger partial charge >= 0.3 is 18.5 Å². The molecule has 0 spiro atoms. The number of aliphatic hydroxyl groups excluding tert-OH is 2. The van der Waals surface area contributed by atoms with Crippen molar-refractivity contribution < 1.29 is 47.2 Å². The molecule has 2 amide bonds. The summed E-state index contributed by atoms with van der Waals surface area (Å²) in [6.45, 7) is 8.53. The second-order valence-corrected chi connectivity index (χ2v) is 11.1. The highest BCUT2D eigenvalue weighted by Crippen LogP contribution is 2.36. The SMILES string of the molecule is CC(C)(C)OC(=O)N(Cc1cc(-c2ccc(OC(F)(F)F)cc2)c2nccnc2c1C(O)CO)C(=O)OC(C)(C)C. The first-order chi connectivity index (χ1) is 18.9. The van der Waals surface area contributed by atoms with Crippen molar-refractivity contribution in [3.8, 4) is 16.9 Å². The average molecular weight is 580 g/mol. The lowest BCUT2D eigenvalue weighted by Crippen LogP contribution is -2.43. The number of rotatable bonds is 6. The molecule has 222 valence electrons. The Labute approximate surface area is 234 Å². The number of ether oxygens (including phenoxy) is 3. The standard InChI is InChI=1S/C28H32F3N3O7/c1-26(2,3)40-24(37)34(25(38)41-27(4,5)6)14-17-13-19(16-7-9-18(10-8-16)39-28(29,30)31)22-23(33-12-11-32-22)21(17)20(36)15-35/h7-13,20,35-36H,14-15H2,1-6H3. The number of hydrogen-bond donors (Lipinski definition) is 2. The van der Waals surface area contributed by atoms with Gasteiger partial charge in [-0.2, -0.15) is 0 Å². The number of halogens is 3. The van der Waals surface area contributed by atoms with Crippen LogP contribution in [0.1, 0.15) is 58.8 Å². The van der Waals surface area contributed by atoms with Gasteiger partial charge in [0.25, 0.3) is 0 Å². The zero-order valence-electron chi connectivity index (χ0n) is 23.4. The number of carbonyl (C=O) groups excluding carboxylic acids is 2. The predicted octanol–water partition coefficient (Wildman–Crippen LogP) is 5.89. The van der Waals surface area contributed by atoms with E-state index in [0.717, 1.165) is 12.1 Å². The first-order valence-corrected chi connectivity index (χ1v) is 12.5. The molecule has 2 aromatic carbocycles. The van der Waals surface area contributed by atoms with Gasteiger partial charge in [-0.1, -0.05) is 12.1 Å². The number of carbonyl (C=O) groups is 2. The number of amides is 2. The Morgan fingerprint density at radius 1 is 0.902 bits per heavy atom. The molecule has 3 aromatic rings. The Hall–Kier alpha value is -3.97. The molecule has 1 unspecified atom stereocenters. The molecule has 2 N–H and O–H groups in total. The van der Waals surface area contributed by atoms with Crippen molar-refractivity contribution in [2.24, 2.45) is 0 Å². The first kappa shape index (κ1) is 31.6. The fraction of sp³-hybridized carbons (Fsp3) is 0.429. The van der Waals surface area contributed by atoms with Gasteiger partial charge in [-0.15, -0.1) is 13.2 Å². The third-order valence-electron chi connectivity index (χ3n) is 5.33. The summed E-state index contributed by atoms with van der Waals surface area (Å²) in [7, 11) is 0. The number of alkyl halides is 3. The highest BCUT2D eigenvalue weighted by Gasteiger charge is 2.34. The molecule has 3 rings (SSSR count). The Bertz CT molecular complexity index is 1370. The minimum Gasteiger partial charge on any atom is -0.443 e. The van der Waals surface area contributed by atoms with Crippen molar-refractivity contribution in [2.45, 2.75) is 71.8 Å². The molecular formula is C28H32F3N3O7. The highest BCUT2D eigenvalue weighted by molar-refractivity contribution is 5.95. The molecule has 41 heavy (non-hydrogen) atoms. The summed E-state index contributed by atoms with van der Waals surface area (Å²) in [6.07, 6.45) is -5.67. The lowest BCUT2D eigenvalue weighted by Gasteiger charge is -2.29. The first-order valence-electron chi connectivity index (χ1n) is 12.5. The van der Waals surface area contributed by atoms with Crippen LogP contribution in [0.4, 0.5) is 22.8 Å². The van der Waals surface area contributed by atoms with Crippen molar-refractivity contribution in [3.63, 3.8) is 0 Å². The molecule has 1 heterocycles. The number of nitrogens with zero attached hydrogens (tertiary/aromatic N) is 3. The van der Waals surface area contributed by atoms with Crippen LogP contribution in [0.2, 0.25) is 0 Å². The van der Waals surface area contributed by atoms with Crippen LogP contribution in [0.3, 0.4) is 0 Å². The molecule has 10 nitrogen and oxygen atoms in total. The van der Waals surface area contributed by atoms with Crippen LogP contribution in [0.15, 0.2) is 42.7 Å². The van der Waals surface area contributed by atoms with E-state index in [0.29, 0.717) is 16.0 Å². The summed E-state index contributed by atoms with van der Waals surface area (Å²) >= 11 is 0. The van der Waals surface area contributed by atoms with Crippen molar-refractivity contribution in [1.82, 2.24) is 14.9 Å². The zero-order valence-corrected chi connectivity index (χ0v) is 23.4. The summed E-state index contributed by atoms with van der Waals surface area (Å²) in [4.78, 5) is 35.7. The number of imide groups is 1. The zero-order chi connectivity index (χ0) is 30.8. The number of aliphatic hydroxyl groups is 2. The fourth-order valence-electron chi connectivity index (χ4n) is 3.86. The molecule has 0 bridgehead atoms. The molecule has 0 aliphatic carbocycles. The second-order valence-electron chi connectivity index (χ2n) is 11.1. The van der Waals surface area contributed by atoms with Crippen LogP contribution < -0.4 is 4.74 Å². The summed E-state index contributed by atoms with van der Waals surface area (Å²) in [6, 6.07) is 6.49. The highest BCUT2D eigenvalue weighted by atomic mass is 19.4. The largest absolute Gasteiger partial charge is 0.573 e. The van der Waals surface area contributed by atoms with E-state index in [1.807, 2.05) is 0 Å². The smallest absolute Gasteiger partial charge is 0.443 e. The van der Waals surface area contributed by atoms with E-state index >= 15 is 0 Å². The van der Waals surface area contributed by atoms with Gasteiger partial charge in [-0.3, -0.25) is 9.97 Å². The summed E-state index contributed by atoms with van der Waals surface area (Å²) in [5, 5.41) is 20.6. The number of aromatic nitrogens is 2. The maximum Gasteiger partial charge on any atom is 0.573 e. The molecule has 1 atom stereocenters. The summed E-state index contributed by atoms with van der Waals surface area (Å²) in [5.74, 6) is -0.440.